The van der Waals surface area contributed by atoms with Gasteiger partial charge in [-0.2, -0.15) is 0 Å². The van der Waals surface area contributed by atoms with Crippen molar-refractivity contribution in [2.45, 2.75) is 6.92 Å². The molecule has 194 valence electrons. The number of hydrogen-bond donors (Lipinski definition) is 0. The molecular weight excluding hydrogens is 505 g/mol. The first kappa shape index (κ1) is 25.5. The molecule has 6 nitrogen and oxygen atoms in total. The van der Waals surface area contributed by atoms with Crippen LogP contribution in [0.3, 0.4) is 0 Å². The molecule has 4 aromatic rings. The summed E-state index contributed by atoms with van der Waals surface area (Å²) < 4.78 is 22.1. The Labute approximate surface area is 225 Å². The second-order valence-corrected chi connectivity index (χ2v) is 9.52. The Kier molecular flexibility index (Phi) is 7.20. The first-order chi connectivity index (χ1) is 18.4. The zero-order valence-electron chi connectivity index (χ0n) is 21.2. The van der Waals surface area contributed by atoms with Crippen LogP contribution in [0.15, 0.2) is 78.9 Å². The fourth-order valence-corrected chi connectivity index (χ4v) is 5.07. The van der Waals surface area contributed by atoms with E-state index in [2.05, 4.69) is 0 Å². The van der Waals surface area contributed by atoms with Gasteiger partial charge in [-0.25, -0.2) is 4.39 Å². The number of halogens is 2. The van der Waals surface area contributed by atoms with Crippen molar-refractivity contribution >= 4 is 23.4 Å². The summed E-state index contributed by atoms with van der Waals surface area (Å²) in [5, 5.41) is 0.409. The van der Waals surface area contributed by atoms with Crippen LogP contribution >= 0.6 is 11.6 Å². The molecule has 0 N–H and O–H groups in total. The van der Waals surface area contributed by atoms with Crippen LogP contribution in [0.25, 0.3) is 16.9 Å². The van der Waals surface area contributed by atoms with Crippen molar-refractivity contribution in [3.63, 3.8) is 0 Å². The lowest BCUT2D eigenvalue weighted by molar-refractivity contribution is 0.0535. The van der Waals surface area contributed by atoms with Gasteiger partial charge >= 0.3 is 0 Å². The Hall–Kier alpha value is -4.10. The van der Waals surface area contributed by atoms with Gasteiger partial charge in [-0.3, -0.25) is 9.59 Å². The van der Waals surface area contributed by atoms with Crippen LogP contribution in [0, 0.1) is 12.7 Å². The van der Waals surface area contributed by atoms with Crippen molar-refractivity contribution in [1.82, 2.24) is 14.4 Å². The molecule has 1 saturated heterocycles. The van der Waals surface area contributed by atoms with E-state index in [0.29, 0.717) is 65.2 Å². The second-order valence-electron chi connectivity index (χ2n) is 9.11. The van der Waals surface area contributed by atoms with Gasteiger partial charge in [0.15, 0.2) is 0 Å². The normalized spacial score (nSPS) is 13.5. The Bertz CT molecular complexity index is 1510. The highest BCUT2D eigenvalue weighted by molar-refractivity contribution is 6.33. The number of para-hydroxylation sites is 1. The van der Waals surface area contributed by atoms with Gasteiger partial charge in [0.2, 0.25) is 0 Å². The van der Waals surface area contributed by atoms with Crippen LogP contribution in [-0.4, -0.2) is 59.5 Å². The van der Waals surface area contributed by atoms with Gasteiger partial charge in [-0.05, 0) is 49.4 Å². The van der Waals surface area contributed by atoms with Crippen molar-refractivity contribution in [1.29, 1.82) is 0 Å². The third kappa shape index (κ3) is 4.77. The number of ether oxygens (including phenoxy) is 1. The summed E-state index contributed by atoms with van der Waals surface area (Å²) in [6.45, 7) is 3.37. The highest BCUT2D eigenvalue weighted by Gasteiger charge is 2.29. The topological polar surface area (TPSA) is 54.8 Å². The second kappa shape index (κ2) is 10.7. The van der Waals surface area contributed by atoms with Crippen molar-refractivity contribution in [3.05, 3.63) is 107 Å². The monoisotopic (exact) mass is 531 g/mol. The van der Waals surface area contributed by atoms with Crippen molar-refractivity contribution < 1.29 is 18.7 Å². The van der Waals surface area contributed by atoms with E-state index in [1.165, 1.54) is 6.07 Å². The number of aromatic nitrogens is 1. The van der Waals surface area contributed by atoms with Crippen LogP contribution in [0.5, 0.6) is 5.75 Å². The summed E-state index contributed by atoms with van der Waals surface area (Å²) in [6.07, 6.45) is 0. The Balaban J connectivity index is 1.45. The van der Waals surface area contributed by atoms with Gasteiger partial charge in [-0.15, -0.1) is 0 Å². The van der Waals surface area contributed by atoms with E-state index in [1.807, 2.05) is 31.2 Å². The Morgan fingerprint density at radius 3 is 2.11 bits per heavy atom. The molecule has 1 fully saturated rings. The lowest BCUT2D eigenvalue weighted by atomic mass is 10.1. The number of methoxy groups -OCH3 is 1. The summed E-state index contributed by atoms with van der Waals surface area (Å²) in [6, 6.07) is 22.7. The summed E-state index contributed by atoms with van der Waals surface area (Å²) in [4.78, 5) is 30.1. The molecule has 3 aromatic carbocycles. The van der Waals surface area contributed by atoms with Crippen molar-refractivity contribution in [2.75, 3.05) is 33.3 Å². The van der Waals surface area contributed by atoms with E-state index >= 15 is 0 Å². The molecule has 0 radical (unpaired) electrons. The summed E-state index contributed by atoms with van der Waals surface area (Å²) in [7, 11) is 1.59. The molecule has 5 rings (SSSR count). The molecule has 0 unspecified atom stereocenters. The SMILES string of the molecule is COc1cccc(-c2cc(C(=O)N3CCN(C(=O)c4ccccc4Cl)CC3)c(C)n2-c2ccccc2F)c1. The van der Waals surface area contributed by atoms with E-state index in [1.54, 1.807) is 70.0 Å². The van der Waals surface area contributed by atoms with E-state index in [0.717, 1.165) is 5.56 Å². The third-order valence-electron chi connectivity index (χ3n) is 6.89. The van der Waals surface area contributed by atoms with Crippen LogP contribution in [0.2, 0.25) is 5.02 Å². The number of benzene rings is 3. The third-order valence-corrected chi connectivity index (χ3v) is 7.22. The minimum Gasteiger partial charge on any atom is -0.497 e. The van der Waals surface area contributed by atoms with Gasteiger partial charge in [0.25, 0.3) is 11.8 Å². The van der Waals surface area contributed by atoms with Crippen LogP contribution in [0.1, 0.15) is 26.4 Å². The first-order valence-corrected chi connectivity index (χ1v) is 12.7. The molecule has 0 atom stereocenters. The summed E-state index contributed by atoms with van der Waals surface area (Å²) >= 11 is 6.21. The van der Waals surface area contributed by atoms with E-state index in [-0.39, 0.29) is 17.6 Å². The molecule has 8 heteroatoms. The molecule has 1 aliphatic rings. The molecule has 1 aliphatic heterocycles. The fraction of sp³-hybridized carbons (Fsp3) is 0.200. The van der Waals surface area contributed by atoms with Gasteiger partial charge < -0.3 is 19.1 Å². The van der Waals surface area contributed by atoms with Crippen molar-refractivity contribution in [2.24, 2.45) is 0 Å². The van der Waals surface area contributed by atoms with Gasteiger partial charge in [-0.1, -0.05) is 48.0 Å². The zero-order valence-corrected chi connectivity index (χ0v) is 21.9. The number of carbonyl (C=O) groups is 2. The van der Waals surface area contributed by atoms with Crippen LogP contribution < -0.4 is 4.74 Å². The van der Waals surface area contributed by atoms with E-state index in [4.69, 9.17) is 16.3 Å². The maximum atomic E-state index is 15.0. The molecule has 1 aromatic heterocycles. The standard InChI is InChI=1S/C30H27ClFN3O3/c1-20-24(30(37)34-16-14-33(15-17-34)29(36)23-10-3-4-11-25(23)31)19-28(21-8-7-9-22(18-21)38-2)35(20)27-13-6-5-12-26(27)32/h3-13,18-19H,14-17H2,1-2H3. The predicted molar refractivity (Wildman–Crippen MR) is 146 cm³/mol. The zero-order chi connectivity index (χ0) is 26.8. The highest BCUT2D eigenvalue weighted by atomic mass is 35.5. The molecule has 0 bridgehead atoms. The first-order valence-electron chi connectivity index (χ1n) is 12.3. The van der Waals surface area contributed by atoms with Gasteiger partial charge in [0.05, 0.1) is 34.6 Å². The molecule has 2 heterocycles. The molecule has 38 heavy (non-hydrogen) atoms. The Morgan fingerprint density at radius 2 is 1.45 bits per heavy atom. The largest absolute Gasteiger partial charge is 0.497 e. The van der Waals surface area contributed by atoms with Crippen LogP contribution in [0.4, 0.5) is 4.39 Å². The molecule has 0 spiro atoms. The molecule has 0 saturated carbocycles. The highest BCUT2D eigenvalue weighted by Crippen LogP contribution is 2.33. The number of piperazine rings is 1. The average molecular weight is 532 g/mol. The maximum absolute atomic E-state index is 15.0. The summed E-state index contributed by atoms with van der Waals surface area (Å²) in [5.41, 5.74) is 3.41. The minimum absolute atomic E-state index is 0.148. The number of rotatable bonds is 5. The van der Waals surface area contributed by atoms with E-state index in [9.17, 15) is 14.0 Å². The maximum Gasteiger partial charge on any atom is 0.255 e. The van der Waals surface area contributed by atoms with Gasteiger partial charge in [0, 0.05) is 37.4 Å². The number of amides is 2. The fourth-order valence-electron chi connectivity index (χ4n) is 4.85. The minimum atomic E-state index is -0.388. The lowest BCUT2D eigenvalue weighted by Gasteiger charge is -2.35. The number of nitrogens with zero attached hydrogens (tertiary/aromatic N) is 3. The number of hydrogen-bond acceptors (Lipinski definition) is 3. The smallest absolute Gasteiger partial charge is 0.255 e. The van der Waals surface area contributed by atoms with Crippen molar-refractivity contribution in [3.8, 4) is 22.7 Å². The van der Waals surface area contributed by atoms with Gasteiger partial charge in [0.1, 0.15) is 11.6 Å². The summed E-state index contributed by atoms with van der Waals surface area (Å²) in [5.74, 6) is -0.0360. The predicted octanol–water partition coefficient (Wildman–Crippen LogP) is 5.85. The quantitative estimate of drug-likeness (QED) is 0.324. The Morgan fingerprint density at radius 1 is 0.816 bits per heavy atom. The van der Waals surface area contributed by atoms with E-state index < -0.39 is 0 Å². The molecular formula is C30H27ClFN3O3. The van der Waals surface area contributed by atoms with Crippen LogP contribution in [-0.2, 0) is 0 Å². The molecule has 2 amide bonds. The average Bonchev–Trinajstić information content (AvgIpc) is 3.29. The number of carbonyl (C=O) groups excluding carboxylic acids is 2. The molecule has 0 aliphatic carbocycles. The lowest BCUT2D eigenvalue weighted by Crippen LogP contribution is -2.50.